The minimum Gasteiger partial charge on any atom is -0.114 e. The Bertz CT molecular complexity index is 43.0. The molecule has 0 bridgehead atoms. The second-order valence-corrected chi connectivity index (χ2v) is 0. The first kappa shape index (κ1) is 89.9. The minimum absolute atomic E-state index is 0. The van der Waals surface area contributed by atoms with E-state index in [2.05, 4.69) is 0 Å². The summed E-state index contributed by atoms with van der Waals surface area (Å²) in [5, 5.41) is 0. The summed E-state index contributed by atoms with van der Waals surface area (Å²) < 4.78 is 0. The van der Waals surface area contributed by atoms with Gasteiger partial charge in [0.2, 0.25) is 0 Å². The van der Waals surface area contributed by atoms with Crippen LogP contribution in [0, 0.1) is 119 Å². The van der Waals surface area contributed by atoms with Gasteiger partial charge in [0.25, 0.3) is 0 Å². The Morgan fingerprint density at radius 2 is 1.00 bits per heavy atom. The largest absolute Gasteiger partial charge is 0.114 e. The molecule has 69 valence electrons. The molecule has 0 unspecified atom stereocenters. The first-order valence-corrected chi connectivity index (χ1v) is 0. The van der Waals surface area contributed by atoms with Gasteiger partial charge >= 0.3 is 0 Å². The second kappa shape index (κ2) is 78.6. The molecular weight excluding hydrogens is 1680 g/mol. The fraction of sp³-hybridized carbons (Fsp3) is 0. The van der Waals surface area contributed by atoms with Gasteiger partial charge in [-0.25, -0.2) is 0 Å². The van der Waals surface area contributed by atoms with Crippen LogP contribution in [-0.2, 0) is 89.3 Å². The molecule has 0 amide bonds. The quantitative estimate of drug-likeness (QED) is 0.275. The van der Waals surface area contributed by atoms with Crippen LogP contribution < -0.4 is 0 Å². The van der Waals surface area contributed by atoms with E-state index in [-0.39, 0.29) is 355 Å². The molecule has 0 aromatic carbocycles. The van der Waals surface area contributed by atoms with Gasteiger partial charge in [-0.05, 0) is 0 Å². The molecule has 0 atom stereocenters. The molecular formula is HAsAuBaBrGeHgHoNdOsRuSrTh. The fourth-order valence-corrected chi connectivity index (χ4v) is 0. The molecule has 0 heterocycles. The third-order valence-corrected chi connectivity index (χ3v) is 0. The van der Waals surface area contributed by atoms with Crippen LogP contribution in [0.25, 0.3) is 0 Å². The van der Waals surface area contributed by atoms with Gasteiger partial charge in [-0.1, -0.05) is 0 Å². The molecule has 0 aliphatic heterocycles. The van der Waals surface area contributed by atoms with Crippen LogP contribution in [0.15, 0.2) is 0 Å². The maximum absolute atomic E-state index is 0. The van der Waals surface area contributed by atoms with Crippen molar-refractivity contribution in [1.29, 1.82) is 0 Å². The van der Waals surface area contributed by atoms with Crippen LogP contribution in [-0.4, -0.2) is 130 Å². The summed E-state index contributed by atoms with van der Waals surface area (Å²) in [6.07, 6.45) is 0. The first-order valence-electron chi connectivity index (χ1n) is 0. The molecule has 0 nitrogen and oxygen atoms in total. The number of hydrogen-bond acceptors (Lipinski definition) is 0. The third kappa shape index (κ3) is 68.3. The van der Waals surface area contributed by atoms with Crippen molar-refractivity contribution in [2.75, 3.05) is 0 Å². The summed E-state index contributed by atoms with van der Waals surface area (Å²) in [6, 6.07) is 0. The Kier molecular flexibility index (Phi) is 589. The van der Waals surface area contributed by atoms with Crippen LogP contribution >= 0.6 is 17.0 Å². The van der Waals surface area contributed by atoms with Crippen molar-refractivity contribution in [2.24, 2.45) is 0 Å². The molecule has 0 aromatic heterocycles. The molecule has 0 aliphatic carbocycles. The summed E-state index contributed by atoms with van der Waals surface area (Å²) in [5.41, 5.74) is 0. The molecule has 0 rings (SSSR count). The molecule has 0 spiro atoms. The Morgan fingerprint density at radius 3 is 1.00 bits per heavy atom. The standard InChI is InChI=1S/As.Au.Ba.BrH.Ge.Hg.Ho.Nd.Os.Ru.Sr.Th/h;;;1H;;;;;;;;. The summed E-state index contributed by atoms with van der Waals surface area (Å²) in [5.74, 6) is 0. The predicted octanol–water partition coefficient (Wildman–Crippen LogP) is -0.955. The molecule has 13 radical (unpaired) electrons. The van der Waals surface area contributed by atoms with E-state index in [1.165, 1.54) is 0 Å². The van der Waals surface area contributed by atoms with Crippen LogP contribution in [0.4, 0.5) is 0 Å². The van der Waals surface area contributed by atoms with Gasteiger partial charge in [0.1, 0.15) is 0 Å². The molecule has 0 saturated heterocycles. The topological polar surface area (TPSA) is 0 Å². The summed E-state index contributed by atoms with van der Waals surface area (Å²) in [6.45, 7) is 0. The zero-order chi connectivity index (χ0) is 0. The molecule has 0 aromatic rings. The van der Waals surface area contributed by atoms with Crippen molar-refractivity contribution in [3.63, 3.8) is 0 Å². The summed E-state index contributed by atoms with van der Waals surface area (Å²) in [4.78, 5) is 0. The maximum atomic E-state index is 0. The van der Waals surface area contributed by atoms with E-state index < -0.39 is 0 Å². The average molecular weight is 1680 g/mol. The van der Waals surface area contributed by atoms with Gasteiger partial charge in [0, 0.05) is 338 Å². The fourth-order valence-electron chi connectivity index (χ4n) is 0. The van der Waals surface area contributed by atoms with E-state index >= 15 is 0 Å². The van der Waals surface area contributed by atoms with Gasteiger partial charge in [-0.15, -0.1) is 17.0 Å². The Labute approximate surface area is 342 Å². The van der Waals surface area contributed by atoms with Crippen LogP contribution in [0.5, 0.6) is 0 Å². The van der Waals surface area contributed by atoms with Gasteiger partial charge in [-0.3, -0.25) is 0 Å². The van der Waals surface area contributed by atoms with Gasteiger partial charge in [0.05, 0.1) is 0 Å². The SMILES string of the molecule is Br.[As].[Au].[Ba].[Ge].[Hg].[Ho].[Nd].[Os].[Ru].[Sr].[Th]. The Morgan fingerprint density at radius 1 is 1.00 bits per heavy atom. The second-order valence-electron chi connectivity index (χ2n) is 0. The van der Waals surface area contributed by atoms with Crippen molar-refractivity contribution < 1.29 is 208 Å². The Balaban J connectivity index is 0. The average Bonchev–Trinajstić information content (AvgIpc) is 0. The van der Waals surface area contributed by atoms with Gasteiger partial charge in [-0.2, -0.15) is 0 Å². The van der Waals surface area contributed by atoms with Crippen molar-refractivity contribution in [3.05, 3.63) is 0 Å². The van der Waals surface area contributed by atoms with Crippen molar-refractivity contribution in [3.8, 4) is 0 Å². The molecule has 12 heavy (non-hydrogen) atoms. The van der Waals surface area contributed by atoms with Crippen LogP contribution in [0.1, 0.15) is 0 Å². The van der Waals surface area contributed by atoms with E-state index in [0.29, 0.717) is 0 Å². The van der Waals surface area contributed by atoms with E-state index in [1.807, 2.05) is 0 Å². The van der Waals surface area contributed by atoms with Crippen LogP contribution in [0.3, 0.4) is 0 Å². The van der Waals surface area contributed by atoms with Crippen molar-refractivity contribution >= 4 is 147 Å². The number of halogens is 1. The van der Waals surface area contributed by atoms with Crippen LogP contribution in [0.2, 0.25) is 0 Å². The van der Waals surface area contributed by atoms with E-state index in [0.717, 1.165) is 0 Å². The third-order valence-electron chi connectivity index (χ3n) is 0. The summed E-state index contributed by atoms with van der Waals surface area (Å²) in [7, 11) is 0. The molecule has 0 aliphatic rings. The Hall–Kier alpha value is 11.5. The monoisotopic (exact) mass is 1690 g/mol. The van der Waals surface area contributed by atoms with E-state index in [9.17, 15) is 0 Å². The number of rotatable bonds is 0. The normalized spacial score (nSPS) is 0. The zero-order valence-corrected chi connectivity index (χ0v) is 40.6. The van der Waals surface area contributed by atoms with Gasteiger partial charge in [0.15, 0.2) is 0 Å². The van der Waals surface area contributed by atoms with Gasteiger partial charge < -0.3 is 0 Å². The van der Waals surface area contributed by atoms with Crippen molar-refractivity contribution in [2.45, 2.75) is 0 Å². The minimum atomic E-state index is 0. The first-order chi connectivity index (χ1) is 0. The zero-order valence-electron chi connectivity index (χ0n) is 5.79. The molecule has 0 saturated carbocycles. The predicted molar refractivity (Wildman–Crippen MR) is 33.3 cm³/mol. The van der Waals surface area contributed by atoms with Crippen molar-refractivity contribution in [1.82, 2.24) is 0 Å². The molecule has 0 N–H and O–H groups in total. The molecule has 0 fully saturated rings. The summed E-state index contributed by atoms with van der Waals surface area (Å²) >= 11 is 0. The number of hydrogen-bond donors (Lipinski definition) is 0. The van der Waals surface area contributed by atoms with E-state index in [1.54, 1.807) is 0 Å². The maximum Gasteiger partial charge on any atom is 0 e. The smallest absolute Gasteiger partial charge is 0 e. The van der Waals surface area contributed by atoms with E-state index in [4.69, 9.17) is 0 Å². The molecule has 12 heteroatoms.